The second-order valence-corrected chi connectivity index (χ2v) is 4.23. The largest absolute Gasteiger partial charge is 0.395 e. The van der Waals surface area contributed by atoms with Crippen LogP contribution in [0.1, 0.15) is 13.8 Å². The first-order valence-corrected chi connectivity index (χ1v) is 5.93. The molecular weight excluding hydrogens is 232 g/mol. The van der Waals surface area contributed by atoms with Gasteiger partial charge in [-0.25, -0.2) is 4.98 Å². The number of aliphatic hydroxyl groups is 1. The van der Waals surface area contributed by atoms with Gasteiger partial charge in [-0.2, -0.15) is 9.97 Å². The van der Waals surface area contributed by atoms with Gasteiger partial charge in [0, 0.05) is 19.6 Å². The highest BCUT2D eigenvalue weighted by molar-refractivity contribution is 5.84. The van der Waals surface area contributed by atoms with Gasteiger partial charge in [0.1, 0.15) is 5.52 Å². The summed E-state index contributed by atoms with van der Waals surface area (Å²) in [5, 5.41) is 12.1. The van der Waals surface area contributed by atoms with E-state index in [1.165, 1.54) is 0 Å². The van der Waals surface area contributed by atoms with E-state index in [-0.39, 0.29) is 12.6 Å². The van der Waals surface area contributed by atoms with Crippen molar-refractivity contribution in [2.45, 2.75) is 19.9 Å². The van der Waals surface area contributed by atoms with E-state index in [1.54, 1.807) is 13.4 Å². The molecule has 0 fully saturated rings. The average molecular weight is 250 g/mol. The van der Waals surface area contributed by atoms with E-state index in [1.807, 2.05) is 4.90 Å². The monoisotopic (exact) mass is 250 g/mol. The molecule has 0 unspecified atom stereocenters. The van der Waals surface area contributed by atoms with E-state index in [4.69, 9.17) is 5.11 Å². The van der Waals surface area contributed by atoms with Gasteiger partial charge >= 0.3 is 0 Å². The van der Waals surface area contributed by atoms with Crippen LogP contribution in [-0.4, -0.2) is 51.3 Å². The minimum atomic E-state index is 0.0761. The molecule has 2 heterocycles. The van der Waals surface area contributed by atoms with E-state index >= 15 is 0 Å². The van der Waals surface area contributed by atoms with Gasteiger partial charge in [-0.05, 0) is 13.8 Å². The number of aromatic amines is 1. The SMILES string of the molecule is CNc1nc(N(CCO)C(C)C)c2[nH]cnc2n1. The van der Waals surface area contributed by atoms with E-state index in [0.717, 1.165) is 11.3 Å². The van der Waals surface area contributed by atoms with Crippen LogP contribution in [0, 0.1) is 0 Å². The number of hydrogen-bond acceptors (Lipinski definition) is 6. The number of aliphatic hydroxyl groups excluding tert-OH is 1. The zero-order chi connectivity index (χ0) is 13.1. The van der Waals surface area contributed by atoms with Crippen molar-refractivity contribution < 1.29 is 5.11 Å². The molecule has 0 bridgehead atoms. The summed E-state index contributed by atoms with van der Waals surface area (Å²) in [5.41, 5.74) is 1.41. The lowest BCUT2D eigenvalue weighted by atomic mass is 10.3. The Kier molecular flexibility index (Phi) is 3.61. The molecule has 0 aliphatic carbocycles. The predicted octanol–water partition coefficient (Wildman–Crippen LogP) is 0.602. The van der Waals surface area contributed by atoms with E-state index < -0.39 is 0 Å². The van der Waals surface area contributed by atoms with Crippen molar-refractivity contribution in [2.75, 3.05) is 30.4 Å². The van der Waals surface area contributed by atoms with Crippen molar-refractivity contribution in [3.8, 4) is 0 Å². The second-order valence-electron chi connectivity index (χ2n) is 4.23. The quantitative estimate of drug-likeness (QED) is 0.720. The molecule has 7 nitrogen and oxygen atoms in total. The van der Waals surface area contributed by atoms with Crippen molar-refractivity contribution in [1.82, 2.24) is 19.9 Å². The van der Waals surface area contributed by atoms with E-state index in [2.05, 4.69) is 39.1 Å². The van der Waals surface area contributed by atoms with E-state index in [0.29, 0.717) is 18.1 Å². The number of aromatic nitrogens is 4. The van der Waals surface area contributed by atoms with Crippen molar-refractivity contribution in [2.24, 2.45) is 0 Å². The maximum Gasteiger partial charge on any atom is 0.226 e. The highest BCUT2D eigenvalue weighted by atomic mass is 16.3. The first-order valence-electron chi connectivity index (χ1n) is 5.93. The molecule has 2 aromatic heterocycles. The Morgan fingerprint density at radius 2 is 2.22 bits per heavy atom. The van der Waals surface area contributed by atoms with Gasteiger partial charge in [-0.1, -0.05) is 0 Å². The summed E-state index contributed by atoms with van der Waals surface area (Å²) in [7, 11) is 1.77. The lowest BCUT2D eigenvalue weighted by Crippen LogP contribution is -2.34. The van der Waals surface area contributed by atoms with E-state index in [9.17, 15) is 0 Å². The molecular formula is C11H18N6O. The van der Waals surface area contributed by atoms with Crippen molar-refractivity contribution in [3.05, 3.63) is 6.33 Å². The third kappa shape index (κ3) is 2.21. The van der Waals surface area contributed by atoms with Crippen molar-refractivity contribution in [3.63, 3.8) is 0 Å². The van der Waals surface area contributed by atoms with Gasteiger partial charge in [0.05, 0.1) is 12.9 Å². The van der Waals surface area contributed by atoms with Crippen molar-refractivity contribution in [1.29, 1.82) is 0 Å². The lowest BCUT2D eigenvalue weighted by molar-refractivity contribution is 0.298. The number of hydrogen-bond donors (Lipinski definition) is 3. The molecule has 98 valence electrons. The third-order valence-corrected chi connectivity index (χ3v) is 2.73. The summed E-state index contributed by atoms with van der Waals surface area (Å²) in [6.07, 6.45) is 1.60. The Hall–Kier alpha value is -1.89. The second kappa shape index (κ2) is 5.18. The van der Waals surface area contributed by atoms with Crippen LogP contribution in [0.15, 0.2) is 6.33 Å². The summed E-state index contributed by atoms with van der Waals surface area (Å²) in [4.78, 5) is 17.9. The highest BCUT2D eigenvalue weighted by Crippen LogP contribution is 2.23. The molecule has 0 atom stereocenters. The fourth-order valence-electron chi connectivity index (χ4n) is 1.85. The minimum Gasteiger partial charge on any atom is -0.395 e. The molecule has 7 heteroatoms. The molecule has 0 radical (unpaired) electrons. The molecule has 0 aromatic carbocycles. The van der Waals surface area contributed by atoms with Gasteiger partial charge in [0.25, 0.3) is 0 Å². The molecule has 0 saturated heterocycles. The van der Waals surface area contributed by atoms with Crippen LogP contribution in [0.4, 0.5) is 11.8 Å². The van der Waals surface area contributed by atoms with Crippen LogP contribution in [-0.2, 0) is 0 Å². The van der Waals surface area contributed by atoms with Crippen LogP contribution >= 0.6 is 0 Å². The molecule has 3 N–H and O–H groups in total. The first kappa shape index (κ1) is 12.6. The minimum absolute atomic E-state index is 0.0761. The maximum atomic E-state index is 9.17. The number of imidazole rings is 1. The van der Waals surface area contributed by atoms with Crippen LogP contribution in [0.2, 0.25) is 0 Å². The smallest absolute Gasteiger partial charge is 0.226 e. The average Bonchev–Trinajstić information content (AvgIpc) is 2.82. The molecule has 0 aliphatic heterocycles. The van der Waals surface area contributed by atoms with Gasteiger partial charge in [-0.3, -0.25) is 0 Å². The fourth-order valence-corrected chi connectivity index (χ4v) is 1.85. The van der Waals surface area contributed by atoms with Crippen LogP contribution in [0.25, 0.3) is 11.2 Å². The summed E-state index contributed by atoms with van der Waals surface area (Å²) in [6.45, 7) is 4.71. The number of nitrogens with one attached hydrogen (secondary N) is 2. The molecule has 18 heavy (non-hydrogen) atoms. The van der Waals surface area contributed by atoms with Crippen LogP contribution < -0.4 is 10.2 Å². The van der Waals surface area contributed by atoms with Gasteiger partial charge < -0.3 is 20.3 Å². The summed E-state index contributed by atoms with van der Waals surface area (Å²) >= 11 is 0. The van der Waals surface area contributed by atoms with Gasteiger partial charge in [0.2, 0.25) is 5.95 Å². The Balaban J connectivity index is 2.55. The normalized spacial score (nSPS) is 11.2. The molecule has 0 aliphatic rings. The van der Waals surface area contributed by atoms with Crippen LogP contribution in [0.5, 0.6) is 0 Å². The number of nitrogens with zero attached hydrogens (tertiary/aromatic N) is 4. The highest BCUT2D eigenvalue weighted by Gasteiger charge is 2.18. The van der Waals surface area contributed by atoms with Crippen LogP contribution in [0.3, 0.4) is 0 Å². The molecule has 2 rings (SSSR count). The lowest BCUT2D eigenvalue weighted by Gasteiger charge is -2.27. The number of anilines is 2. The number of fused-ring (bicyclic) bond motifs is 1. The molecule has 0 amide bonds. The van der Waals surface area contributed by atoms with Gasteiger partial charge in [0.15, 0.2) is 11.5 Å². The Labute approximate surface area is 105 Å². The Bertz CT molecular complexity index is 523. The Morgan fingerprint density at radius 3 is 2.83 bits per heavy atom. The number of H-pyrrole nitrogens is 1. The van der Waals surface area contributed by atoms with Gasteiger partial charge in [-0.15, -0.1) is 0 Å². The molecule has 2 aromatic rings. The summed E-state index contributed by atoms with van der Waals surface area (Å²) < 4.78 is 0. The van der Waals surface area contributed by atoms with Crippen molar-refractivity contribution >= 4 is 22.9 Å². The zero-order valence-electron chi connectivity index (χ0n) is 10.8. The fraction of sp³-hybridized carbons (Fsp3) is 0.545. The zero-order valence-corrected chi connectivity index (χ0v) is 10.8. The summed E-state index contributed by atoms with van der Waals surface area (Å²) in [6, 6.07) is 0.225. The molecule has 0 saturated carbocycles. The maximum absolute atomic E-state index is 9.17. The first-order chi connectivity index (χ1) is 8.67. The predicted molar refractivity (Wildman–Crippen MR) is 70.8 cm³/mol. The third-order valence-electron chi connectivity index (χ3n) is 2.73. The number of rotatable bonds is 5. The molecule has 0 spiro atoms. The topological polar surface area (TPSA) is 90.0 Å². The summed E-state index contributed by atoms with van der Waals surface area (Å²) in [5.74, 6) is 1.28. The Morgan fingerprint density at radius 1 is 1.44 bits per heavy atom. The standard InChI is InChI=1S/C11H18N6O/c1-7(2)17(4-5-18)10-8-9(14-6-13-8)15-11(12-3)16-10/h6-7,18H,4-5H2,1-3H3,(H2,12,13,14,15,16).